The average Bonchev–Trinajstić information content (AvgIpc) is 2.40. The number of nitrogens with one attached hydrogen (secondary N) is 1. The van der Waals surface area contributed by atoms with Gasteiger partial charge in [-0.05, 0) is 41.0 Å². The lowest BCUT2D eigenvalue weighted by Gasteiger charge is -2.28. The van der Waals surface area contributed by atoms with Crippen LogP contribution in [0.15, 0.2) is 0 Å². The highest BCUT2D eigenvalue weighted by atomic mass is 16.6. The Morgan fingerprint density at radius 1 is 1.22 bits per heavy atom. The molecule has 0 rings (SSSR count). The zero-order valence-electron chi connectivity index (χ0n) is 16.0. The van der Waals surface area contributed by atoms with E-state index >= 15 is 0 Å². The molecule has 2 N–H and O–H groups in total. The fourth-order valence-corrected chi connectivity index (χ4v) is 2.33. The molecule has 0 bridgehead atoms. The number of carbonyl (C=O) groups is 1. The zero-order chi connectivity index (χ0) is 17.9. The fraction of sp³-hybridized carbons (Fsp3) is 0.944. The number of nitrogens with zero attached hydrogens (tertiary/aromatic N) is 1. The molecule has 5 heteroatoms. The van der Waals surface area contributed by atoms with Crippen LogP contribution in [0.3, 0.4) is 0 Å². The smallest absolute Gasteiger partial charge is 0.410 e. The van der Waals surface area contributed by atoms with Crippen LogP contribution in [0.25, 0.3) is 0 Å². The Morgan fingerprint density at radius 3 is 2.39 bits per heavy atom. The van der Waals surface area contributed by atoms with E-state index in [1.54, 1.807) is 11.8 Å². The quantitative estimate of drug-likeness (QED) is 0.569. The minimum absolute atomic E-state index is 0.293. The molecular formula is C18H38N2O3. The number of hydrogen-bond donors (Lipinski definition) is 2. The monoisotopic (exact) mass is 330 g/mol. The summed E-state index contributed by atoms with van der Waals surface area (Å²) in [6.45, 7) is 13.2. The number of rotatable bonds is 11. The highest BCUT2D eigenvalue weighted by molar-refractivity contribution is 5.68. The molecular weight excluding hydrogens is 292 g/mol. The van der Waals surface area contributed by atoms with Gasteiger partial charge in [0.25, 0.3) is 0 Å². The van der Waals surface area contributed by atoms with Crippen LogP contribution in [0.5, 0.6) is 0 Å². The third-order valence-electron chi connectivity index (χ3n) is 3.50. The van der Waals surface area contributed by atoms with Gasteiger partial charge in [-0.25, -0.2) is 4.79 Å². The summed E-state index contributed by atoms with van der Waals surface area (Å²) in [6.07, 6.45) is 5.31. The van der Waals surface area contributed by atoms with Crippen molar-refractivity contribution in [2.75, 3.05) is 19.6 Å². The topological polar surface area (TPSA) is 61.8 Å². The first-order valence-electron chi connectivity index (χ1n) is 9.05. The summed E-state index contributed by atoms with van der Waals surface area (Å²) in [6, 6.07) is 0.443. The zero-order valence-corrected chi connectivity index (χ0v) is 16.0. The van der Waals surface area contributed by atoms with E-state index in [9.17, 15) is 9.90 Å². The number of unbranched alkanes of at least 4 members (excludes halogenated alkanes) is 3. The van der Waals surface area contributed by atoms with Gasteiger partial charge in [-0.2, -0.15) is 0 Å². The van der Waals surface area contributed by atoms with Crippen molar-refractivity contribution in [1.82, 2.24) is 10.2 Å². The Hall–Kier alpha value is -0.810. The van der Waals surface area contributed by atoms with Gasteiger partial charge in [0.15, 0.2) is 0 Å². The molecule has 0 radical (unpaired) electrons. The van der Waals surface area contributed by atoms with E-state index in [4.69, 9.17) is 4.74 Å². The molecule has 0 spiro atoms. The van der Waals surface area contributed by atoms with E-state index in [0.29, 0.717) is 25.7 Å². The van der Waals surface area contributed by atoms with Crippen LogP contribution >= 0.6 is 0 Å². The van der Waals surface area contributed by atoms with Crippen LogP contribution in [-0.2, 0) is 4.74 Å². The first-order chi connectivity index (χ1) is 10.7. The molecule has 2 atom stereocenters. The third kappa shape index (κ3) is 13.3. The van der Waals surface area contributed by atoms with Gasteiger partial charge >= 0.3 is 6.09 Å². The maximum absolute atomic E-state index is 12.2. The van der Waals surface area contributed by atoms with Gasteiger partial charge in [0.05, 0.1) is 6.10 Å². The van der Waals surface area contributed by atoms with Crippen molar-refractivity contribution >= 4 is 6.09 Å². The molecule has 0 heterocycles. The van der Waals surface area contributed by atoms with Crippen LogP contribution < -0.4 is 5.32 Å². The van der Waals surface area contributed by atoms with Gasteiger partial charge in [-0.3, -0.25) is 0 Å². The standard InChI is InChI=1S/C18H38N2O3/c1-7-8-9-10-11-15(2)19-12-13-20(14-16(3)21)17(22)23-18(4,5)6/h15-16,19,21H,7-14H2,1-6H3. The van der Waals surface area contributed by atoms with Gasteiger partial charge < -0.3 is 20.1 Å². The van der Waals surface area contributed by atoms with E-state index in [1.807, 2.05) is 20.8 Å². The summed E-state index contributed by atoms with van der Waals surface area (Å²) in [5, 5.41) is 13.0. The molecule has 0 aliphatic carbocycles. The summed E-state index contributed by atoms with van der Waals surface area (Å²) in [5.74, 6) is 0. The van der Waals surface area contributed by atoms with Crippen molar-refractivity contribution in [3.8, 4) is 0 Å². The van der Waals surface area contributed by atoms with Gasteiger partial charge in [0, 0.05) is 25.7 Å². The van der Waals surface area contributed by atoms with E-state index in [1.165, 1.54) is 25.7 Å². The van der Waals surface area contributed by atoms with Crippen molar-refractivity contribution in [2.45, 2.75) is 91.4 Å². The van der Waals surface area contributed by atoms with E-state index in [2.05, 4.69) is 19.2 Å². The molecule has 2 unspecified atom stereocenters. The molecule has 0 fully saturated rings. The van der Waals surface area contributed by atoms with Crippen LogP contribution in [-0.4, -0.2) is 53.5 Å². The summed E-state index contributed by atoms with van der Waals surface area (Å²) in [7, 11) is 0. The Labute approximate surface area is 142 Å². The Bertz CT molecular complexity index is 314. The Morgan fingerprint density at radius 2 is 1.87 bits per heavy atom. The predicted molar refractivity (Wildman–Crippen MR) is 95.7 cm³/mol. The molecule has 1 amide bonds. The van der Waals surface area contributed by atoms with Crippen molar-refractivity contribution in [3.63, 3.8) is 0 Å². The SMILES string of the molecule is CCCCCCC(C)NCCN(CC(C)O)C(=O)OC(C)(C)C. The number of amides is 1. The maximum Gasteiger partial charge on any atom is 0.410 e. The third-order valence-corrected chi connectivity index (χ3v) is 3.50. The van der Waals surface area contributed by atoms with E-state index in [0.717, 1.165) is 6.42 Å². The summed E-state index contributed by atoms with van der Waals surface area (Å²) < 4.78 is 5.40. The van der Waals surface area contributed by atoms with Crippen LogP contribution in [0.1, 0.15) is 73.6 Å². The summed E-state index contributed by atoms with van der Waals surface area (Å²) >= 11 is 0. The number of hydrogen-bond acceptors (Lipinski definition) is 4. The van der Waals surface area contributed by atoms with Crippen LogP contribution in [0, 0.1) is 0 Å². The Kier molecular flexibility index (Phi) is 11.3. The first-order valence-corrected chi connectivity index (χ1v) is 9.05. The highest BCUT2D eigenvalue weighted by Gasteiger charge is 2.22. The lowest BCUT2D eigenvalue weighted by atomic mass is 10.1. The minimum atomic E-state index is -0.561. The molecule has 138 valence electrons. The lowest BCUT2D eigenvalue weighted by molar-refractivity contribution is 0.0163. The van der Waals surface area contributed by atoms with Crippen LogP contribution in [0.2, 0.25) is 0 Å². The van der Waals surface area contributed by atoms with E-state index in [-0.39, 0.29) is 6.09 Å². The maximum atomic E-state index is 12.2. The minimum Gasteiger partial charge on any atom is -0.444 e. The second-order valence-corrected chi connectivity index (χ2v) is 7.48. The summed E-state index contributed by atoms with van der Waals surface area (Å²) in [5.41, 5.74) is -0.520. The average molecular weight is 331 g/mol. The number of ether oxygens (including phenoxy) is 1. The first kappa shape index (κ1) is 22.2. The van der Waals surface area contributed by atoms with Crippen LogP contribution in [0.4, 0.5) is 4.79 Å². The molecule has 0 aliphatic rings. The highest BCUT2D eigenvalue weighted by Crippen LogP contribution is 2.10. The second kappa shape index (κ2) is 11.7. The van der Waals surface area contributed by atoms with Gasteiger partial charge in [-0.15, -0.1) is 0 Å². The van der Waals surface area contributed by atoms with Crippen molar-refractivity contribution in [3.05, 3.63) is 0 Å². The van der Waals surface area contributed by atoms with Crippen molar-refractivity contribution in [1.29, 1.82) is 0 Å². The van der Waals surface area contributed by atoms with Crippen molar-refractivity contribution < 1.29 is 14.6 Å². The molecule has 0 aromatic heterocycles. The van der Waals surface area contributed by atoms with Gasteiger partial charge in [-0.1, -0.05) is 32.6 Å². The Balaban J connectivity index is 4.16. The molecule has 0 aromatic rings. The largest absolute Gasteiger partial charge is 0.444 e. The molecule has 0 saturated heterocycles. The number of aliphatic hydroxyl groups is 1. The van der Waals surface area contributed by atoms with Gasteiger partial charge in [0.1, 0.15) is 5.60 Å². The molecule has 0 saturated carbocycles. The normalized spacial score (nSPS) is 14.4. The fourth-order valence-electron chi connectivity index (χ4n) is 2.33. The van der Waals surface area contributed by atoms with Gasteiger partial charge in [0.2, 0.25) is 0 Å². The summed E-state index contributed by atoms with van der Waals surface area (Å²) in [4.78, 5) is 13.8. The molecule has 0 aromatic carbocycles. The molecule has 5 nitrogen and oxygen atoms in total. The van der Waals surface area contributed by atoms with E-state index < -0.39 is 11.7 Å². The lowest BCUT2D eigenvalue weighted by Crippen LogP contribution is -2.44. The molecule has 23 heavy (non-hydrogen) atoms. The molecule has 0 aliphatic heterocycles. The van der Waals surface area contributed by atoms with Crippen molar-refractivity contribution in [2.24, 2.45) is 0 Å². The number of carbonyl (C=O) groups excluding carboxylic acids is 1. The predicted octanol–water partition coefficient (Wildman–Crippen LogP) is 3.55. The number of aliphatic hydroxyl groups excluding tert-OH is 1. The second-order valence-electron chi connectivity index (χ2n) is 7.48.